The highest BCUT2D eigenvalue weighted by atomic mass is 16.5. The smallest absolute Gasteiger partial charge is 0.232 e. The minimum Gasteiger partial charge on any atom is -0.477 e. The highest BCUT2D eigenvalue weighted by molar-refractivity contribution is 5.09. The van der Waals surface area contributed by atoms with E-state index in [4.69, 9.17) is 4.74 Å². The molecule has 1 unspecified atom stereocenters. The van der Waals surface area contributed by atoms with Crippen LogP contribution in [0, 0.1) is 0 Å². The maximum absolute atomic E-state index is 5.29. The number of likely N-dealkylation sites (N-methyl/N-ethyl adjacent to an activating group) is 1. The zero-order valence-corrected chi connectivity index (χ0v) is 9.66. The Bertz CT molecular complexity index is 291. The second-order valence-electron chi connectivity index (χ2n) is 3.44. The highest BCUT2D eigenvalue weighted by Crippen LogP contribution is 2.06. The molecule has 0 fully saturated rings. The van der Waals surface area contributed by atoms with Gasteiger partial charge in [-0.15, -0.1) is 0 Å². The number of hydrogen-bond donors (Lipinski definition) is 1. The summed E-state index contributed by atoms with van der Waals surface area (Å²) in [4.78, 5) is 8.46. The molecule has 4 heteroatoms. The fourth-order valence-corrected chi connectivity index (χ4v) is 1.44. The first-order chi connectivity index (χ1) is 7.26. The first-order valence-electron chi connectivity index (χ1n) is 5.43. The normalized spacial score (nSPS) is 12.5. The van der Waals surface area contributed by atoms with E-state index in [1.165, 1.54) is 0 Å². The molecule has 84 valence electrons. The molecule has 0 saturated carbocycles. The maximum Gasteiger partial charge on any atom is 0.232 e. The third-order valence-electron chi connectivity index (χ3n) is 2.02. The van der Waals surface area contributed by atoms with Crippen LogP contribution in [0.2, 0.25) is 0 Å². The van der Waals surface area contributed by atoms with E-state index in [0.29, 0.717) is 18.5 Å². The van der Waals surface area contributed by atoms with Gasteiger partial charge in [0.15, 0.2) is 0 Å². The van der Waals surface area contributed by atoms with E-state index in [0.717, 1.165) is 18.7 Å². The summed E-state index contributed by atoms with van der Waals surface area (Å²) in [6.07, 6.45) is 4.31. The van der Waals surface area contributed by atoms with Crippen molar-refractivity contribution < 1.29 is 4.74 Å². The van der Waals surface area contributed by atoms with Crippen molar-refractivity contribution in [3.8, 4) is 5.88 Å². The molecular weight excluding hydrogens is 190 g/mol. The van der Waals surface area contributed by atoms with Crippen molar-refractivity contribution in [3.05, 3.63) is 18.1 Å². The maximum atomic E-state index is 5.29. The van der Waals surface area contributed by atoms with E-state index >= 15 is 0 Å². The largest absolute Gasteiger partial charge is 0.477 e. The van der Waals surface area contributed by atoms with Crippen LogP contribution in [-0.4, -0.2) is 29.2 Å². The van der Waals surface area contributed by atoms with Gasteiger partial charge in [-0.25, -0.2) is 4.98 Å². The molecule has 1 aromatic rings. The van der Waals surface area contributed by atoms with Gasteiger partial charge in [0.25, 0.3) is 0 Å². The van der Waals surface area contributed by atoms with Crippen molar-refractivity contribution in [2.24, 2.45) is 0 Å². The van der Waals surface area contributed by atoms with E-state index < -0.39 is 0 Å². The molecule has 0 aliphatic heterocycles. The van der Waals surface area contributed by atoms with Gasteiger partial charge in [-0.1, -0.05) is 6.92 Å². The van der Waals surface area contributed by atoms with Gasteiger partial charge in [0, 0.05) is 18.7 Å². The third-order valence-corrected chi connectivity index (χ3v) is 2.02. The predicted molar refractivity (Wildman–Crippen MR) is 60.0 cm³/mol. The van der Waals surface area contributed by atoms with Gasteiger partial charge < -0.3 is 10.1 Å². The average Bonchev–Trinajstić information content (AvgIpc) is 2.19. The number of ether oxygens (including phenoxy) is 1. The molecule has 0 aromatic carbocycles. The summed E-state index contributed by atoms with van der Waals surface area (Å²) in [5.41, 5.74) is 0.967. The first kappa shape index (κ1) is 11.9. The summed E-state index contributed by atoms with van der Waals surface area (Å²) in [5.74, 6) is 0.610. The van der Waals surface area contributed by atoms with Crippen LogP contribution >= 0.6 is 0 Å². The summed E-state index contributed by atoms with van der Waals surface area (Å²) in [6.45, 7) is 7.77. The van der Waals surface area contributed by atoms with Crippen LogP contribution in [0.3, 0.4) is 0 Å². The van der Waals surface area contributed by atoms with Crippen LogP contribution in [0.25, 0.3) is 0 Å². The molecule has 1 atom stereocenters. The van der Waals surface area contributed by atoms with Crippen molar-refractivity contribution >= 4 is 0 Å². The third kappa shape index (κ3) is 4.25. The molecule has 0 aliphatic carbocycles. The Labute approximate surface area is 91.1 Å². The van der Waals surface area contributed by atoms with Gasteiger partial charge >= 0.3 is 0 Å². The second kappa shape index (κ2) is 6.35. The summed E-state index contributed by atoms with van der Waals surface area (Å²) < 4.78 is 5.29. The minimum atomic E-state index is 0.418. The fourth-order valence-electron chi connectivity index (χ4n) is 1.44. The Morgan fingerprint density at radius 3 is 2.87 bits per heavy atom. The van der Waals surface area contributed by atoms with Crippen LogP contribution in [0.4, 0.5) is 0 Å². The van der Waals surface area contributed by atoms with Crippen molar-refractivity contribution in [2.45, 2.75) is 33.2 Å². The molecule has 15 heavy (non-hydrogen) atoms. The van der Waals surface area contributed by atoms with Crippen LogP contribution in [0.5, 0.6) is 5.88 Å². The van der Waals surface area contributed by atoms with E-state index in [-0.39, 0.29) is 0 Å². The zero-order valence-electron chi connectivity index (χ0n) is 9.66. The van der Waals surface area contributed by atoms with E-state index in [9.17, 15) is 0 Å². The standard InChI is InChI=1S/C11H19N3O/c1-4-13-9(3)6-10-7-12-8-11(14-10)15-5-2/h7-9,13H,4-6H2,1-3H3. The molecule has 0 aliphatic rings. The Hall–Kier alpha value is -1.16. The summed E-state index contributed by atoms with van der Waals surface area (Å²) in [5, 5.41) is 3.34. The van der Waals surface area contributed by atoms with Gasteiger partial charge in [0.2, 0.25) is 5.88 Å². The lowest BCUT2D eigenvalue weighted by Crippen LogP contribution is -2.28. The predicted octanol–water partition coefficient (Wildman–Crippen LogP) is 1.42. The van der Waals surface area contributed by atoms with Crippen LogP contribution < -0.4 is 10.1 Å². The van der Waals surface area contributed by atoms with Gasteiger partial charge in [-0.3, -0.25) is 4.98 Å². The summed E-state index contributed by atoms with van der Waals surface area (Å²) in [7, 11) is 0. The number of nitrogens with zero attached hydrogens (tertiary/aromatic N) is 2. The van der Waals surface area contributed by atoms with Gasteiger partial charge in [0.1, 0.15) is 0 Å². The minimum absolute atomic E-state index is 0.418. The molecule has 1 rings (SSSR count). The molecule has 0 saturated heterocycles. The second-order valence-corrected chi connectivity index (χ2v) is 3.44. The Kier molecular flexibility index (Phi) is 5.04. The molecule has 1 aromatic heterocycles. The molecule has 0 radical (unpaired) electrons. The Balaban J connectivity index is 2.56. The molecular formula is C11H19N3O. The SMILES string of the molecule is CCNC(C)Cc1cncc(OCC)n1. The first-order valence-corrected chi connectivity index (χ1v) is 5.43. The number of rotatable bonds is 6. The molecule has 1 heterocycles. The van der Waals surface area contributed by atoms with Crippen molar-refractivity contribution in [1.29, 1.82) is 0 Å². The quantitative estimate of drug-likeness (QED) is 0.769. The van der Waals surface area contributed by atoms with Crippen molar-refractivity contribution in [2.75, 3.05) is 13.2 Å². The monoisotopic (exact) mass is 209 g/mol. The Morgan fingerprint density at radius 2 is 2.20 bits per heavy atom. The van der Waals surface area contributed by atoms with Gasteiger partial charge in [-0.05, 0) is 20.4 Å². The number of hydrogen-bond acceptors (Lipinski definition) is 4. The fraction of sp³-hybridized carbons (Fsp3) is 0.636. The Morgan fingerprint density at radius 1 is 1.40 bits per heavy atom. The molecule has 0 spiro atoms. The number of aromatic nitrogens is 2. The molecule has 0 amide bonds. The lowest BCUT2D eigenvalue weighted by Gasteiger charge is -2.11. The van der Waals surface area contributed by atoms with Crippen LogP contribution in [0.1, 0.15) is 26.5 Å². The molecule has 4 nitrogen and oxygen atoms in total. The van der Waals surface area contributed by atoms with Crippen LogP contribution in [-0.2, 0) is 6.42 Å². The topological polar surface area (TPSA) is 47.0 Å². The van der Waals surface area contributed by atoms with E-state index in [1.807, 2.05) is 6.92 Å². The highest BCUT2D eigenvalue weighted by Gasteiger charge is 2.04. The lowest BCUT2D eigenvalue weighted by molar-refractivity contribution is 0.323. The number of nitrogens with one attached hydrogen (secondary N) is 1. The lowest BCUT2D eigenvalue weighted by atomic mass is 10.2. The van der Waals surface area contributed by atoms with Gasteiger partial charge in [0.05, 0.1) is 18.5 Å². The van der Waals surface area contributed by atoms with E-state index in [1.54, 1.807) is 12.4 Å². The van der Waals surface area contributed by atoms with Crippen molar-refractivity contribution in [1.82, 2.24) is 15.3 Å². The summed E-state index contributed by atoms with van der Waals surface area (Å²) in [6, 6.07) is 0.418. The van der Waals surface area contributed by atoms with Crippen molar-refractivity contribution in [3.63, 3.8) is 0 Å². The van der Waals surface area contributed by atoms with Gasteiger partial charge in [-0.2, -0.15) is 0 Å². The molecule has 0 bridgehead atoms. The van der Waals surface area contributed by atoms with E-state index in [2.05, 4.69) is 29.1 Å². The summed E-state index contributed by atoms with van der Waals surface area (Å²) >= 11 is 0. The molecule has 1 N–H and O–H groups in total. The zero-order chi connectivity index (χ0) is 11.1. The van der Waals surface area contributed by atoms with Crippen LogP contribution in [0.15, 0.2) is 12.4 Å². The average molecular weight is 209 g/mol.